The Morgan fingerprint density at radius 2 is 1.77 bits per heavy atom. The molecule has 5 rings (SSSR count). The molecule has 1 amide bonds. The summed E-state index contributed by atoms with van der Waals surface area (Å²) in [6.07, 6.45) is 2.84. The molecule has 0 atom stereocenters. The minimum absolute atomic E-state index is 0.0203. The lowest BCUT2D eigenvalue weighted by Gasteiger charge is -2.21. The van der Waals surface area contributed by atoms with E-state index in [0.29, 0.717) is 24.2 Å². The topological polar surface area (TPSA) is 58.8 Å². The van der Waals surface area contributed by atoms with Crippen LogP contribution >= 0.6 is 0 Å². The largest absolute Gasteiger partial charge is 0.337 e. The fourth-order valence-corrected chi connectivity index (χ4v) is 4.24. The Hall–Kier alpha value is -3.38. The zero-order chi connectivity index (χ0) is 20.5. The smallest absolute Gasteiger partial charge is 0.275 e. The summed E-state index contributed by atoms with van der Waals surface area (Å²) in [5.41, 5.74) is 3.94. The highest BCUT2D eigenvalue weighted by Gasteiger charge is 2.19. The van der Waals surface area contributed by atoms with Gasteiger partial charge in [0.15, 0.2) is 0 Å². The van der Waals surface area contributed by atoms with Crippen LogP contribution < -0.4 is 10.9 Å². The van der Waals surface area contributed by atoms with Crippen LogP contribution in [0.1, 0.15) is 22.3 Å². The molecule has 0 bridgehead atoms. The SMILES string of the molecule is O=C(c1ccc2c(c1)n(Cc1ccccc1)c(=O)c1cccn12)N1CCCNCC1. The highest BCUT2D eigenvalue weighted by molar-refractivity contribution is 5.97. The predicted molar refractivity (Wildman–Crippen MR) is 118 cm³/mol. The van der Waals surface area contributed by atoms with Crippen LogP contribution in [0.25, 0.3) is 16.6 Å². The molecule has 3 heterocycles. The monoisotopic (exact) mass is 400 g/mol. The number of hydrogen-bond donors (Lipinski definition) is 1. The number of nitrogens with one attached hydrogen (secondary N) is 1. The second-order valence-corrected chi connectivity index (χ2v) is 7.74. The molecule has 6 heteroatoms. The Bertz CT molecular complexity index is 1270. The van der Waals surface area contributed by atoms with Crippen LogP contribution in [0.15, 0.2) is 71.7 Å². The molecule has 30 heavy (non-hydrogen) atoms. The van der Waals surface area contributed by atoms with Gasteiger partial charge in [-0.25, -0.2) is 0 Å². The minimum Gasteiger partial charge on any atom is -0.337 e. The fraction of sp³-hybridized carbons (Fsp3) is 0.250. The van der Waals surface area contributed by atoms with Crippen molar-refractivity contribution in [1.82, 2.24) is 19.2 Å². The molecule has 2 aromatic heterocycles. The summed E-state index contributed by atoms with van der Waals surface area (Å²) in [5.74, 6) is 0.0203. The molecule has 6 nitrogen and oxygen atoms in total. The summed E-state index contributed by atoms with van der Waals surface area (Å²) in [4.78, 5) is 28.3. The number of nitrogens with zero attached hydrogens (tertiary/aromatic N) is 3. The maximum atomic E-state index is 13.3. The van der Waals surface area contributed by atoms with Gasteiger partial charge < -0.3 is 19.2 Å². The van der Waals surface area contributed by atoms with Gasteiger partial charge in [-0.3, -0.25) is 9.59 Å². The van der Waals surface area contributed by atoms with Crippen molar-refractivity contribution in [2.75, 3.05) is 26.2 Å². The third kappa shape index (κ3) is 3.29. The molecule has 0 spiro atoms. The summed E-state index contributed by atoms with van der Waals surface area (Å²) in [5, 5.41) is 3.33. The van der Waals surface area contributed by atoms with Gasteiger partial charge in [0.25, 0.3) is 11.5 Å². The lowest BCUT2D eigenvalue weighted by Crippen LogP contribution is -2.34. The summed E-state index contributed by atoms with van der Waals surface area (Å²) in [6.45, 7) is 3.65. The number of carbonyl (C=O) groups excluding carboxylic acids is 1. The van der Waals surface area contributed by atoms with Gasteiger partial charge in [0.05, 0.1) is 17.6 Å². The second-order valence-electron chi connectivity index (χ2n) is 7.74. The zero-order valence-electron chi connectivity index (χ0n) is 16.8. The first kappa shape index (κ1) is 18.6. The molecule has 152 valence electrons. The maximum absolute atomic E-state index is 13.3. The van der Waals surface area contributed by atoms with Crippen molar-refractivity contribution in [1.29, 1.82) is 0 Å². The van der Waals surface area contributed by atoms with Crippen LogP contribution in [0.3, 0.4) is 0 Å². The molecule has 2 aromatic carbocycles. The lowest BCUT2D eigenvalue weighted by atomic mass is 10.1. The van der Waals surface area contributed by atoms with Gasteiger partial charge in [0.1, 0.15) is 5.52 Å². The van der Waals surface area contributed by atoms with E-state index in [2.05, 4.69) is 5.32 Å². The molecule has 4 aromatic rings. The first-order valence-corrected chi connectivity index (χ1v) is 10.4. The van der Waals surface area contributed by atoms with Gasteiger partial charge in [-0.1, -0.05) is 30.3 Å². The van der Waals surface area contributed by atoms with Gasteiger partial charge in [-0.05, 0) is 48.9 Å². The Labute approximate surface area is 174 Å². The van der Waals surface area contributed by atoms with E-state index in [0.717, 1.165) is 42.7 Å². The third-order valence-corrected chi connectivity index (χ3v) is 5.80. The van der Waals surface area contributed by atoms with Crippen molar-refractivity contribution < 1.29 is 4.79 Å². The van der Waals surface area contributed by atoms with Gasteiger partial charge in [0.2, 0.25) is 0 Å². The quantitative estimate of drug-likeness (QED) is 0.575. The number of rotatable bonds is 3. The molecule has 1 fully saturated rings. The van der Waals surface area contributed by atoms with Crippen molar-refractivity contribution in [3.63, 3.8) is 0 Å². The molecule has 0 saturated carbocycles. The first-order valence-electron chi connectivity index (χ1n) is 10.4. The molecule has 0 unspecified atom stereocenters. The molecular weight excluding hydrogens is 376 g/mol. The number of hydrogen-bond acceptors (Lipinski definition) is 3. The molecule has 1 aliphatic heterocycles. The van der Waals surface area contributed by atoms with E-state index in [1.807, 2.05) is 76.2 Å². The van der Waals surface area contributed by atoms with Crippen LogP contribution in [0, 0.1) is 0 Å². The van der Waals surface area contributed by atoms with Crippen molar-refractivity contribution in [2.45, 2.75) is 13.0 Å². The van der Waals surface area contributed by atoms with E-state index in [1.54, 1.807) is 4.57 Å². The van der Waals surface area contributed by atoms with E-state index in [4.69, 9.17) is 0 Å². The molecule has 1 N–H and O–H groups in total. The Kier molecular flexibility index (Phi) is 4.85. The van der Waals surface area contributed by atoms with Crippen molar-refractivity contribution in [3.05, 3.63) is 88.3 Å². The van der Waals surface area contributed by atoms with Gasteiger partial charge in [0, 0.05) is 31.4 Å². The summed E-state index contributed by atoms with van der Waals surface area (Å²) >= 11 is 0. The van der Waals surface area contributed by atoms with Gasteiger partial charge in [-0.2, -0.15) is 0 Å². The molecule has 1 aliphatic rings. The van der Waals surface area contributed by atoms with Crippen LogP contribution in [0.2, 0.25) is 0 Å². The molecular formula is C24H24N4O2. The Morgan fingerprint density at radius 1 is 0.900 bits per heavy atom. The number of aromatic nitrogens is 2. The van der Waals surface area contributed by atoms with E-state index in [-0.39, 0.29) is 11.5 Å². The number of benzene rings is 2. The highest BCUT2D eigenvalue weighted by Crippen LogP contribution is 2.20. The van der Waals surface area contributed by atoms with Crippen molar-refractivity contribution in [2.24, 2.45) is 0 Å². The second kappa shape index (κ2) is 7.80. The zero-order valence-corrected chi connectivity index (χ0v) is 16.8. The molecule has 0 radical (unpaired) electrons. The Morgan fingerprint density at radius 3 is 2.63 bits per heavy atom. The average Bonchev–Trinajstić information content (AvgIpc) is 3.12. The van der Waals surface area contributed by atoms with Crippen LogP contribution in [0.5, 0.6) is 0 Å². The molecule has 1 saturated heterocycles. The predicted octanol–water partition coefficient (Wildman–Crippen LogP) is 2.74. The first-order chi connectivity index (χ1) is 14.7. The van der Waals surface area contributed by atoms with Gasteiger partial charge in [-0.15, -0.1) is 0 Å². The van der Waals surface area contributed by atoms with Crippen LogP contribution in [-0.2, 0) is 6.54 Å². The summed E-state index contributed by atoms with van der Waals surface area (Å²) < 4.78 is 3.68. The third-order valence-electron chi connectivity index (χ3n) is 5.80. The number of fused-ring (bicyclic) bond motifs is 3. The summed E-state index contributed by atoms with van der Waals surface area (Å²) in [7, 11) is 0. The van der Waals surface area contributed by atoms with Crippen molar-refractivity contribution >= 4 is 22.5 Å². The maximum Gasteiger partial charge on any atom is 0.275 e. The lowest BCUT2D eigenvalue weighted by molar-refractivity contribution is 0.0766. The van der Waals surface area contributed by atoms with Crippen molar-refractivity contribution in [3.8, 4) is 0 Å². The van der Waals surface area contributed by atoms with E-state index in [1.165, 1.54) is 0 Å². The van der Waals surface area contributed by atoms with E-state index >= 15 is 0 Å². The number of carbonyl (C=O) groups is 1. The van der Waals surface area contributed by atoms with Crippen LogP contribution in [0.4, 0.5) is 0 Å². The van der Waals surface area contributed by atoms with Gasteiger partial charge >= 0.3 is 0 Å². The van der Waals surface area contributed by atoms with E-state index in [9.17, 15) is 9.59 Å². The average molecular weight is 400 g/mol. The molecule has 0 aliphatic carbocycles. The summed E-state index contributed by atoms with van der Waals surface area (Å²) in [6, 6.07) is 19.4. The normalized spacial score (nSPS) is 14.9. The van der Waals surface area contributed by atoms with E-state index < -0.39 is 0 Å². The Balaban J connectivity index is 1.66. The fourth-order valence-electron chi connectivity index (χ4n) is 4.24. The number of amides is 1. The van der Waals surface area contributed by atoms with Crippen LogP contribution in [-0.4, -0.2) is 46.0 Å². The highest BCUT2D eigenvalue weighted by atomic mass is 16.2. The standard InChI is InChI=1S/C24H24N4O2/c29-23(26-13-5-11-25-12-15-26)19-9-10-20-22(16-19)28(17-18-6-2-1-3-7-18)24(30)21-8-4-14-27(20)21/h1-4,6-10,14,16,25H,5,11-13,15,17H2. The minimum atomic E-state index is -0.0556.